The maximum atomic E-state index is 12.9. The topological polar surface area (TPSA) is 59.7 Å². The summed E-state index contributed by atoms with van der Waals surface area (Å²) in [6.45, 7) is 0. The van der Waals surface area contributed by atoms with Crippen molar-refractivity contribution in [1.82, 2.24) is 0 Å². The number of phenols is 1. The van der Waals surface area contributed by atoms with Gasteiger partial charge in [0.1, 0.15) is 17.1 Å². The van der Waals surface area contributed by atoms with Crippen LogP contribution in [0, 0.1) is 0 Å². The summed E-state index contributed by atoms with van der Waals surface area (Å²) in [7, 11) is 1.32. The zero-order valence-corrected chi connectivity index (χ0v) is 11.2. The third-order valence-corrected chi connectivity index (χ3v) is 3.38. The SMILES string of the molecule is COc1cccc2c(C(=O)C(F)(F)F)c3occc3c(O)c12. The first-order valence-corrected chi connectivity index (χ1v) is 6.16. The number of hydrogen-bond acceptors (Lipinski definition) is 4. The standard InChI is InChI=1S/C15H9F3O4/c1-21-9-4-2-3-7-10(9)12(19)8-5-6-22-13(8)11(7)14(20)15(16,17)18/h2-6,19H,1H3. The molecule has 0 amide bonds. The molecule has 0 atom stereocenters. The summed E-state index contributed by atoms with van der Waals surface area (Å²) < 4.78 is 48.8. The molecule has 7 heteroatoms. The third kappa shape index (κ3) is 1.89. The number of rotatable bonds is 2. The number of hydrogen-bond donors (Lipinski definition) is 1. The molecule has 0 radical (unpaired) electrons. The number of furan rings is 1. The lowest BCUT2D eigenvalue weighted by atomic mass is 9.96. The number of Topliss-reactive ketones (excluding diaryl/α,β-unsaturated/α-hetero) is 1. The second kappa shape index (κ2) is 4.66. The van der Waals surface area contributed by atoms with Crippen molar-refractivity contribution in [1.29, 1.82) is 0 Å². The Labute approximate surface area is 121 Å². The number of ketones is 1. The minimum absolute atomic E-state index is 0.0181. The molecule has 1 N–H and O–H groups in total. The second-order valence-electron chi connectivity index (χ2n) is 4.60. The lowest BCUT2D eigenvalue weighted by Crippen LogP contribution is -2.23. The van der Waals surface area contributed by atoms with Crippen LogP contribution in [0.2, 0.25) is 0 Å². The van der Waals surface area contributed by atoms with Crippen LogP contribution >= 0.6 is 0 Å². The number of alkyl halides is 3. The van der Waals surface area contributed by atoms with Gasteiger partial charge in [-0.3, -0.25) is 4.79 Å². The lowest BCUT2D eigenvalue weighted by Gasteiger charge is -2.13. The van der Waals surface area contributed by atoms with Crippen molar-refractivity contribution < 1.29 is 32.2 Å². The van der Waals surface area contributed by atoms with Gasteiger partial charge in [0.15, 0.2) is 0 Å². The van der Waals surface area contributed by atoms with E-state index in [2.05, 4.69) is 0 Å². The van der Waals surface area contributed by atoms with E-state index in [1.165, 1.54) is 31.4 Å². The Morgan fingerprint density at radius 3 is 2.59 bits per heavy atom. The lowest BCUT2D eigenvalue weighted by molar-refractivity contribution is -0.0883. The molecule has 0 aliphatic heterocycles. The van der Waals surface area contributed by atoms with Crippen LogP contribution in [0.5, 0.6) is 11.5 Å². The molecule has 0 unspecified atom stereocenters. The van der Waals surface area contributed by atoms with Gasteiger partial charge in [0.05, 0.1) is 29.7 Å². The van der Waals surface area contributed by atoms with Crippen LogP contribution in [0.4, 0.5) is 13.2 Å². The molecule has 0 fully saturated rings. The number of phenolic OH excluding ortho intramolecular Hbond substituents is 1. The Hall–Kier alpha value is -2.70. The molecule has 114 valence electrons. The highest BCUT2D eigenvalue weighted by molar-refractivity contribution is 6.22. The molecule has 0 bridgehead atoms. The van der Waals surface area contributed by atoms with Gasteiger partial charge >= 0.3 is 6.18 Å². The van der Waals surface area contributed by atoms with E-state index in [1.54, 1.807) is 0 Å². The first kappa shape index (κ1) is 14.2. The van der Waals surface area contributed by atoms with Gasteiger partial charge in [-0.1, -0.05) is 12.1 Å². The average molecular weight is 310 g/mol. The van der Waals surface area contributed by atoms with Gasteiger partial charge in [-0.15, -0.1) is 0 Å². The molecule has 3 aromatic rings. The molecule has 4 nitrogen and oxygen atoms in total. The summed E-state index contributed by atoms with van der Waals surface area (Å²) in [6, 6.07) is 5.51. The first-order valence-electron chi connectivity index (χ1n) is 6.16. The average Bonchev–Trinajstić information content (AvgIpc) is 2.95. The van der Waals surface area contributed by atoms with Crippen molar-refractivity contribution in [3.8, 4) is 11.5 Å². The van der Waals surface area contributed by atoms with Gasteiger partial charge < -0.3 is 14.3 Å². The van der Waals surface area contributed by atoms with Crippen molar-refractivity contribution >= 4 is 27.5 Å². The van der Waals surface area contributed by atoms with Crippen molar-refractivity contribution in [2.75, 3.05) is 7.11 Å². The van der Waals surface area contributed by atoms with E-state index in [0.717, 1.165) is 6.26 Å². The summed E-state index contributed by atoms with van der Waals surface area (Å²) in [4.78, 5) is 11.8. The van der Waals surface area contributed by atoms with Crippen molar-refractivity contribution in [2.24, 2.45) is 0 Å². The molecule has 1 aromatic heterocycles. The molecule has 0 spiro atoms. The van der Waals surface area contributed by atoms with Crippen LogP contribution in [-0.2, 0) is 0 Å². The maximum absolute atomic E-state index is 12.9. The van der Waals surface area contributed by atoms with E-state index in [0.29, 0.717) is 0 Å². The third-order valence-electron chi connectivity index (χ3n) is 3.38. The molecule has 3 rings (SSSR count). The van der Waals surface area contributed by atoms with Gasteiger partial charge in [-0.25, -0.2) is 0 Å². The van der Waals surface area contributed by atoms with E-state index in [4.69, 9.17) is 9.15 Å². The second-order valence-corrected chi connectivity index (χ2v) is 4.60. The van der Waals surface area contributed by atoms with Crippen LogP contribution in [0.25, 0.3) is 21.7 Å². The predicted octanol–water partition coefficient (Wildman–Crippen LogP) is 4.05. The predicted molar refractivity (Wildman–Crippen MR) is 72.3 cm³/mol. The summed E-state index contributed by atoms with van der Waals surface area (Å²) >= 11 is 0. The van der Waals surface area contributed by atoms with Crippen LogP contribution in [0.3, 0.4) is 0 Å². The fourth-order valence-corrected chi connectivity index (χ4v) is 2.47. The number of carbonyl (C=O) groups is 1. The summed E-state index contributed by atoms with van der Waals surface area (Å²) in [5.74, 6) is -2.17. The van der Waals surface area contributed by atoms with Gasteiger partial charge in [-0.2, -0.15) is 13.2 Å². The van der Waals surface area contributed by atoms with Gasteiger partial charge in [0.2, 0.25) is 0 Å². The van der Waals surface area contributed by atoms with Crippen LogP contribution in [-0.4, -0.2) is 24.2 Å². The highest BCUT2D eigenvalue weighted by atomic mass is 19.4. The molecule has 0 aliphatic carbocycles. The number of benzene rings is 2. The smallest absolute Gasteiger partial charge is 0.455 e. The zero-order chi connectivity index (χ0) is 16.1. The van der Waals surface area contributed by atoms with Crippen LogP contribution in [0.1, 0.15) is 10.4 Å². The molecule has 22 heavy (non-hydrogen) atoms. The van der Waals surface area contributed by atoms with Crippen LogP contribution < -0.4 is 4.74 Å². The van der Waals surface area contributed by atoms with Gasteiger partial charge in [-0.05, 0) is 12.1 Å². The fourth-order valence-electron chi connectivity index (χ4n) is 2.47. The normalized spacial score (nSPS) is 12.0. The number of methoxy groups -OCH3 is 1. The summed E-state index contributed by atoms with van der Waals surface area (Å²) in [6.07, 6.45) is -3.95. The largest absolute Gasteiger partial charge is 0.506 e. The molecule has 1 heterocycles. The highest BCUT2D eigenvalue weighted by Crippen LogP contribution is 2.43. The minimum Gasteiger partial charge on any atom is -0.506 e. The molecular formula is C15H9F3O4. The number of halogens is 3. The van der Waals surface area contributed by atoms with Gasteiger partial charge in [0.25, 0.3) is 5.78 Å². The summed E-state index contributed by atoms with van der Waals surface area (Å²) in [5, 5.41) is 10.3. The molecule has 0 saturated carbocycles. The fraction of sp³-hybridized carbons (Fsp3) is 0.133. The minimum atomic E-state index is -5.06. The first-order chi connectivity index (χ1) is 10.4. The quantitative estimate of drug-likeness (QED) is 0.726. The van der Waals surface area contributed by atoms with E-state index in [9.17, 15) is 23.1 Å². The number of ether oxygens (including phenoxy) is 1. The molecular weight excluding hydrogens is 301 g/mol. The van der Waals surface area contributed by atoms with Crippen molar-refractivity contribution in [3.63, 3.8) is 0 Å². The van der Waals surface area contributed by atoms with Crippen molar-refractivity contribution in [3.05, 3.63) is 36.1 Å². The number of fused-ring (bicyclic) bond motifs is 2. The number of aromatic hydroxyl groups is 1. The highest BCUT2D eigenvalue weighted by Gasteiger charge is 2.42. The van der Waals surface area contributed by atoms with E-state index >= 15 is 0 Å². The van der Waals surface area contributed by atoms with Crippen molar-refractivity contribution in [2.45, 2.75) is 6.18 Å². The van der Waals surface area contributed by atoms with Gasteiger partial charge in [0, 0.05) is 5.39 Å². The van der Waals surface area contributed by atoms with E-state index < -0.39 is 17.5 Å². The maximum Gasteiger partial charge on any atom is 0.455 e. The van der Waals surface area contributed by atoms with E-state index in [-0.39, 0.29) is 33.2 Å². The monoisotopic (exact) mass is 310 g/mol. The Balaban J connectivity index is 2.55. The number of carbonyl (C=O) groups excluding carboxylic acids is 1. The molecule has 2 aromatic carbocycles. The van der Waals surface area contributed by atoms with Crippen LogP contribution in [0.15, 0.2) is 34.9 Å². The summed E-state index contributed by atoms with van der Waals surface area (Å²) in [5.41, 5.74) is -0.945. The Morgan fingerprint density at radius 1 is 1.23 bits per heavy atom. The molecule has 0 aliphatic rings. The zero-order valence-electron chi connectivity index (χ0n) is 11.2. The van der Waals surface area contributed by atoms with E-state index in [1.807, 2.05) is 0 Å². The molecule has 0 saturated heterocycles. The Kier molecular flexibility index (Phi) is 3.01. The Morgan fingerprint density at radius 2 is 1.95 bits per heavy atom. The Bertz CT molecular complexity index is 893.